The van der Waals surface area contributed by atoms with Crippen LogP contribution in [0.3, 0.4) is 0 Å². The molecular formula is C15H11F3N2O. The minimum absolute atomic E-state index is 0.281. The number of rotatable bonds is 2. The predicted molar refractivity (Wildman–Crippen MR) is 73.1 cm³/mol. The molecule has 1 aromatic heterocycles. The largest absolute Gasteiger partial charge is 0.496 e. The van der Waals surface area contributed by atoms with Gasteiger partial charge in [0.25, 0.3) is 0 Å². The number of hydrogen-bond donors (Lipinski definition) is 1. The molecule has 2 aromatic carbocycles. The molecule has 0 aliphatic carbocycles. The minimum atomic E-state index is -4.41. The Hall–Kier alpha value is -2.50. The lowest BCUT2D eigenvalue weighted by molar-refractivity contribution is -0.137. The molecule has 0 amide bonds. The van der Waals surface area contributed by atoms with Crippen molar-refractivity contribution in [3.05, 3.63) is 48.0 Å². The summed E-state index contributed by atoms with van der Waals surface area (Å²) in [5.74, 6) is 0.682. The van der Waals surface area contributed by atoms with Crippen LogP contribution in [0.2, 0.25) is 0 Å². The molecule has 0 saturated carbocycles. The Morgan fingerprint density at radius 1 is 1.10 bits per heavy atom. The highest BCUT2D eigenvalue weighted by molar-refractivity contribution is 5.80. The molecule has 0 atom stereocenters. The average Bonchev–Trinajstić information content (AvgIpc) is 2.89. The van der Waals surface area contributed by atoms with Gasteiger partial charge in [0.05, 0.1) is 29.3 Å². The van der Waals surface area contributed by atoms with Crippen molar-refractivity contribution in [2.45, 2.75) is 6.18 Å². The third-order valence-corrected chi connectivity index (χ3v) is 3.17. The highest BCUT2D eigenvalue weighted by Crippen LogP contribution is 2.36. The van der Waals surface area contributed by atoms with E-state index in [1.807, 2.05) is 18.2 Å². The molecule has 0 spiro atoms. The van der Waals surface area contributed by atoms with Gasteiger partial charge in [-0.25, -0.2) is 4.98 Å². The maximum atomic E-state index is 12.9. The van der Waals surface area contributed by atoms with E-state index in [0.29, 0.717) is 17.1 Å². The van der Waals surface area contributed by atoms with Crippen molar-refractivity contribution < 1.29 is 17.9 Å². The van der Waals surface area contributed by atoms with Gasteiger partial charge in [0.2, 0.25) is 0 Å². The summed E-state index contributed by atoms with van der Waals surface area (Å²) < 4.78 is 43.7. The summed E-state index contributed by atoms with van der Waals surface area (Å²) in [7, 11) is 1.41. The van der Waals surface area contributed by atoms with Crippen molar-refractivity contribution in [1.29, 1.82) is 0 Å². The van der Waals surface area contributed by atoms with E-state index in [2.05, 4.69) is 9.97 Å². The molecule has 0 fully saturated rings. The molecule has 1 heterocycles. The smallest absolute Gasteiger partial charge is 0.416 e. The number of H-pyrrole nitrogens is 1. The molecular weight excluding hydrogens is 281 g/mol. The number of halogens is 3. The van der Waals surface area contributed by atoms with Crippen LogP contribution in [0.1, 0.15) is 5.56 Å². The molecule has 0 saturated heterocycles. The van der Waals surface area contributed by atoms with Crippen molar-refractivity contribution in [3.63, 3.8) is 0 Å². The van der Waals surface area contributed by atoms with Crippen LogP contribution >= 0.6 is 0 Å². The molecule has 0 radical (unpaired) electrons. The number of para-hydroxylation sites is 2. The first-order chi connectivity index (χ1) is 9.99. The van der Waals surface area contributed by atoms with E-state index in [-0.39, 0.29) is 5.56 Å². The second kappa shape index (κ2) is 4.80. The molecule has 0 aliphatic heterocycles. The highest BCUT2D eigenvalue weighted by Gasteiger charge is 2.31. The van der Waals surface area contributed by atoms with Crippen molar-refractivity contribution in [2.24, 2.45) is 0 Å². The number of aromatic amines is 1. The van der Waals surface area contributed by atoms with E-state index in [9.17, 15) is 13.2 Å². The number of ether oxygens (including phenoxy) is 1. The lowest BCUT2D eigenvalue weighted by Crippen LogP contribution is -2.05. The summed E-state index contributed by atoms with van der Waals surface area (Å²) in [6.45, 7) is 0. The van der Waals surface area contributed by atoms with E-state index in [1.54, 1.807) is 6.07 Å². The van der Waals surface area contributed by atoms with Crippen LogP contribution < -0.4 is 4.74 Å². The summed E-state index contributed by atoms with van der Waals surface area (Å²) in [6, 6.07) is 10.6. The summed E-state index contributed by atoms with van der Waals surface area (Å²) in [4.78, 5) is 7.32. The zero-order valence-corrected chi connectivity index (χ0v) is 11.0. The number of hydrogen-bond acceptors (Lipinski definition) is 2. The van der Waals surface area contributed by atoms with Gasteiger partial charge in [0, 0.05) is 0 Å². The van der Waals surface area contributed by atoms with Crippen LogP contribution in [0.15, 0.2) is 42.5 Å². The summed E-state index contributed by atoms with van der Waals surface area (Å²) in [5, 5.41) is 0. The van der Waals surface area contributed by atoms with Gasteiger partial charge < -0.3 is 9.72 Å². The number of nitrogens with zero attached hydrogens (tertiary/aromatic N) is 1. The monoisotopic (exact) mass is 292 g/mol. The van der Waals surface area contributed by atoms with Crippen LogP contribution in [0.4, 0.5) is 13.2 Å². The predicted octanol–water partition coefficient (Wildman–Crippen LogP) is 4.26. The molecule has 108 valence electrons. The van der Waals surface area contributed by atoms with E-state index < -0.39 is 11.7 Å². The van der Waals surface area contributed by atoms with Gasteiger partial charge in [0.1, 0.15) is 11.6 Å². The van der Waals surface area contributed by atoms with Gasteiger partial charge in [-0.05, 0) is 30.3 Å². The lowest BCUT2D eigenvalue weighted by Gasteiger charge is -2.11. The van der Waals surface area contributed by atoms with Crippen LogP contribution in [0, 0.1) is 0 Å². The van der Waals surface area contributed by atoms with Gasteiger partial charge in [-0.15, -0.1) is 0 Å². The molecule has 0 bridgehead atoms. The van der Waals surface area contributed by atoms with Crippen LogP contribution in [-0.4, -0.2) is 17.1 Å². The quantitative estimate of drug-likeness (QED) is 0.766. The number of fused-ring (bicyclic) bond motifs is 1. The maximum absolute atomic E-state index is 12.9. The maximum Gasteiger partial charge on any atom is 0.416 e. The second-order valence-corrected chi connectivity index (χ2v) is 4.52. The Bertz CT molecular complexity index is 760. The first kappa shape index (κ1) is 13.5. The minimum Gasteiger partial charge on any atom is -0.496 e. The number of benzene rings is 2. The molecule has 3 aromatic rings. The zero-order valence-electron chi connectivity index (χ0n) is 11.0. The van der Waals surface area contributed by atoms with Crippen LogP contribution in [0.5, 0.6) is 5.75 Å². The van der Waals surface area contributed by atoms with E-state index in [4.69, 9.17) is 4.74 Å². The fourth-order valence-corrected chi connectivity index (χ4v) is 2.15. The molecule has 3 rings (SSSR count). The highest BCUT2D eigenvalue weighted by atomic mass is 19.4. The SMILES string of the molecule is COc1ccc(C(F)(F)F)cc1-c1nc2ccccc2[nH]1. The zero-order chi connectivity index (χ0) is 15.0. The van der Waals surface area contributed by atoms with Gasteiger partial charge in [-0.2, -0.15) is 13.2 Å². The third kappa shape index (κ3) is 2.44. The van der Waals surface area contributed by atoms with Crippen molar-refractivity contribution >= 4 is 11.0 Å². The Kier molecular flexibility index (Phi) is 3.08. The van der Waals surface area contributed by atoms with Gasteiger partial charge in [0.15, 0.2) is 0 Å². The molecule has 6 heteroatoms. The van der Waals surface area contributed by atoms with Crippen LogP contribution in [0.25, 0.3) is 22.4 Å². The molecule has 0 unspecified atom stereocenters. The first-order valence-corrected chi connectivity index (χ1v) is 6.19. The standard InChI is InChI=1S/C15H11F3N2O/c1-21-13-7-6-9(15(16,17)18)8-10(13)14-19-11-4-2-3-5-12(11)20-14/h2-8H,1H3,(H,19,20). The van der Waals surface area contributed by atoms with E-state index in [0.717, 1.165) is 17.6 Å². The number of imidazole rings is 1. The van der Waals surface area contributed by atoms with Crippen molar-refractivity contribution in [2.75, 3.05) is 7.11 Å². The van der Waals surface area contributed by atoms with E-state index in [1.165, 1.54) is 13.2 Å². The third-order valence-electron chi connectivity index (χ3n) is 3.17. The number of aromatic nitrogens is 2. The Morgan fingerprint density at radius 3 is 2.52 bits per heavy atom. The summed E-state index contributed by atoms with van der Waals surface area (Å²) in [5.41, 5.74) is 0.987. The molecule has 1 N–H and O–H groups in total. The topological polar surface area (TPSA) is 37.9 Å². The van der Waals surface area contributed by atoms with Crippen molar-refractivity contribution in [1.82, 2.24) is 9.97 Å². The Labute approximate surface area is 118 Å². The fourth-order valence-electron chi connectivity index (χ4n) is 2.15. The van der Waals surface area contributed by atoms with Crippen LogP contribution in [-0.2, 0) is 6.18 Å². The molecule has 21 heavy (non-hydrogen) atoms. The number of alkyl halides is 3. The summed E-state index contributed by atoms with van der Waals surface area (Å²) in [6.07, 6.45) is -4.41. The number of nitrogens with one attached hydrogen (secondary N) is 1. The van der Waals surface area contributed by atoms with Gasteiger partial charge in [-0.3, -0.25) is 0 Å². The average molecular weight is 292 g/mol. The normalized spacial score (nSPS) is 11.8. The van der Waals surface area contributed by atoms with Gasteiger partial charge in [-0.1, -0.05) is 12.1 Å². The van der Waals surface area contributed by atoms with Gasteiger partial charge >= 0.3 is 6.18 Å². The second-order valence-electron chi connectivity index (χ2n) is 4.52. The Balaban J connectivity index is 2.19. The number of methoxy groups -OCH3 is 1. The summed E-state index contributed by atoms with van der Waals surface area (Å²) >= 11 is 0. The molecule has 0 aliphatic rings. The lowest BCUT2D eigenvalue weighted by atomic mass is 10.1. The molecule has 3 nitrogen and oxygen atoms in total. The first-order valence-electron chi connectivity index (χ1n) is 6.19. The Morgan fingerprint density at radius 2 is 1.86 bits per heavy atom. The van der Waals surface area contributed by atoms with E-state index >= 15 is 0 Å². The van der Waals surface area contributed by atoms with Crippen molar-refractivity contribution in [3.8, 4) is 17.1 Å². The fraction of sp³-hybridized carbons (Fsp3) is 0.133.